The molecule has 1 fully saturated rings. The van der Waals surface area contributed by atoms with Crippen LogP contribution in [0.2, 0.25) is 0 Å². The summed E-state index contributed by atoms with van der Waals surface area (Å²) >= 11 is 3.49. The predicted molar refractivity (Wildman–Crippen MR) is 82.7 cm³/mol. The number of nitrogens with one attached hydrogen (secondary N) is 1. The Morgan fingerprint density at radius 2 is 2.19 bits per heavy atom. The van der Waals surface area contributed by atoms with E-state index in [-0.39, 0.29) is 5.54 Å². The minimum atomic E-state index is -0.0137. The summed E-state index contributed by atoms with van der Waals surface area (Å²) in [6.07, 6.45) is 2.17. The molecule has 2 aromatic rings. The van der Waals surface area contributed by atoms with E-state index in [2.05, 4.69) is 38.4 Å². The Bertz CT molecular complexity index is 608. The van der Waals surface area contributed by atoms with E-state index in [9.17, 15) is 0 Å². The maximum absolute atomic E-state index is 5.73. The molecule has 112 valence electrons. The Labute approximate surface area is 132 Å². The van der Waals surface area contributed by atoms with Crippen LogP contribution in [0.5, 0.6) is 0 Å². The lowest BCUT2D eigenvalue weighted by molar-refractivity contribution is 0.0268. The third-order valence-electron chi connectivity index (χ3n) is 3.68. The summed E-state index contributed by atoms with van der Waals surface area (Å²) in [7, 11) is 0. The first-order chi connectivity index (χ1) is 10.2. The second kappa shape index (κ2) is 6.25. The SMILES string of the molecule is CC1(NCc2nnc(-c3ccccc3Br)o2)CCCOC1. The van der Waals surface area contributed by atoms with Crippen LogP contribution in [0, 0.1) is 0 Å². The molecule has 1 aromatic carbocycles. The van der Waals surface area contributed by atoms with Gasteiger partial charge >= 0.3 is 0 Å². The van der Waals surface area contributed by atoms with Gasteiger partial charge in [-0.2, -0.15) is 0 Å². The Morgan fingerprint density at radius 3 is 2.95 bits per heavy atom. The summed E-state index contributed by atoms with van der Waals surface area (Å²) in [5.74, 6) is 1.12. The maximum atomic E-state index is 5.73. The Morgan fingerprint density at radius 1 is 1.33 bits per heavy atom. The van der Waals surface area contributed by atoms with Gasteiger partial charge in [-0.3, -0.25) is 0 Å². The van der Waals surface area contributed by atoms with Gasteiger partial charge in [-0.15, -0.1) is 10.2 Å². The second-order valence-corrected chi connectivity index (χ2v) is 6.41. The third-order valence-corrected chi connectivity index (χ3v) is 4.37. The first-order valence-electron chi connectivity index (χ1n) is 7.06. The summed E-state index contributed by atoms with van der Waals surface area (Å²) in [5.41, 5.74) is 0.892. The highest BCUT2D eigenvalue weighted by molar-refractivity contribution is 9.10. The van der Waals surface area contributed by atoms with Crippen molar-refractivity contribution in [1.82, 2.24) is 15.5 Å². The van der Waals surface area contributed by atoms with Crippen LogP contribution in [0.25, 0.3) is 11.5 Å². The molecule has 3 rings (SSSR count). The fraction of sp³-hybridized carbons (Fsp3) is 0.467. The number of hydrogen-bond donors (Lipinski definition) is 1. The molecule has 0 aliphatic carbocycles. The van der Waals surface area contributed by atoms with E-state index in [0.29, 0.717) is 18.3 Å². The quantitative estimate of drug-likeness (QED) is 0.916. The van der Waals surface area contributed by atoms with E-state index in [1.807, 2.05) is 24.3 Å². The summed E-state index contributed by atoms with van der Waals surface area (Å²) in [6, 6.07) is 7.81. The van der Waals surface area contributed by atoms with Gasteiger partial charge < -0.3 is 14.5 Å². The highest BCUT2D eigenvalue weighted by Crippen LogP contribution is 2.27. The Kier molecular flexibility index (Phi) is 4.37. The van der Waals surface area contributed by atoms with E-state index in [4.69, 9.17) is 9.15 Å². The zero-order valence-corrected chi connectivity index (χ0v) is 13.5. The molecule has 2 heterocycles. The zero-order chi connectivity index (χ0) is 14.7. The Balaban J connectivity index is 1.67. The van der Waals surface area contributed by atoms with E-state index in [0.717, 1.165) is 36.1 Å². The molecular weight excluding hydrogens is 334 g/mol. The van der Waals surface area contributed by atoms with E-state index < -0.39 is 0 Å². The summed E-state index contributed by atoms with van der Waals surface area (Å²) in [4.78, 5) is 0. The highest BCUT2D eigenvalue weighted by atomic mass is 79.9. The van der Waals surface area contributed by atoms with Gasteiger partial charge in [-0.1, -0.05) is 12.1 Å². The number of aromatic nitrogens is 2. The molecule has 0 spiro atoms. The van der Waals surface area contributed by atoms with E-state index >= 15 is 0 Å². The number of halogens is 1. The average molecular weight is 352 g/mol. The molecule has 1 aromatic heterocycles. The van der Waals surface area contributed by atoms with Crippen LogP contribution in [0.4, 0.5) is 0 Å². The first-order valence-corrected chi connectivity index (χ1v) is 7.86. The smallest absolute Gasteiger partial charge is 0.248 e. The topological polar surface area (TPSA) is 60.2 Å². The number of nitrogens with zero attached hydrogens (tertiary/aromatic N) is 2. The number of benzene rings is 1. The van der Waals surface area contributed by atoms with Crippen LogP contribution >= 0.6 is 15.9 Å². The van der Waals surface area contributed by atoms with E-state index in [1.165, 1.54) is 0 Å². The lowest BCUT2D eigenvalue weighted by Crippen LogP contribution is -2.48. The van der Waals surface area contributed by atoms with Crippen LogP contribution in [0.15, 0.2) is 33.2 Å². The minimum absolute atomic E-state index is 0.0137. The molecule has 0 saturated carbocycles. The van der Waals surface area contributed by atoms with Gasteiger partial charge in [0, 0.05) is 16.6 Å². The summed E-state index contributed by atoms with van der Waals surface area (Å²) < 4.78 is 12.2. The standard InChI is InChI=1S/C15H18BrN3O2/c1-15(7-4-8-20-10-15)17-9-13-18-19-14(21-13)11-5-2-3-6-12(11)16/h2-3,5-6,17H,4,7-10H2,1H3. The molecule has 0 amide bonds. The lowest BCUT2D eigenvalue weighted by Gasteiger charge is -2.34. The number of ether oxygens (including phenoxy) is 1. The molecule has 1 unspecified atom stereocenters. The van der Waals surface area contributed by atoms with Crippen molar-refractivity contribution in [2.75, 3.05) is 13.2 Å². The van der Waals surface area contributed by atoms with E-state index in [1.54, 1.807) is 0 Å². The second-order valence-electron chi connectivity index (χ2n) is 5.55. The maximum Gasteiger partial charge on any atom is 0.248 e. The molecule has 5 nitrogen and oxygen atoms in total. The van der Waals surface area contributed by atoms with Gasteiger partial charge in [-0.05, 0) is 47.8 Å². The van der Waals surface area contributed by atoms with Gasteiger partial charge in [0.1, 0.15) is 0 Å². The van der Waals surface area contributed by atoms with Crippen molar-refractivity contribution in [3.05, 3.63) is 34.6 Å². The summed E-state index contributed by atoms with van der Waals surface area (Å²) in [6.45, 7) is 4.29. The average Bonchev–Trinajstić information content (AvgIpc) is 2.95. The van der Waals surface area contributed by atoms with Crippen molar-refractivity contribution >= 4 is 15.9 Å². The summed E-state index contributed by atoms with van der Waals surface area (Å²) in [5, 5.41) is 11.7. The fourth-order valence-electron chi connectivity index (χ4n) is 2.43. The van der Waals surface area contributed by atoms with Gasteiger partial charge in [0.05, 0.1) is 18.7 Å². The largest absolute Gasteiger partial charge is 0.419 e. The van der Waals surface area contributed by atoms with Crippen molar-refractivity contribution in [2.45, 2.75) is 31.8 Å². The first kappa shape index (κ1) is 14.7. The Hall–Kier alpha value is -1.24. The number of rotatable bonds is 4. The lowest BCUT2D eigenvalue weighted by atomic mass is 9.95. The normalized spacial score (nSPS) is 22.4. The van der Waals surface area contributed by atoms with Crippen molar-refractivity contribution in [3.63, 3.8) is 0 Å². The predicted octanol–water partition coefficient (Wildman–Crippen LogP) is 3.16. The third kappa shape index (κ3) is 3.51. The van der Waals surface area contributed by atoms with Gasteiger partial charge in [-0.25, -0.2) is 0 Å². The van der Waals surface area contributed by atoms with Crippen molar-refractivity contribution in [1.29, 1.82) is 0 Å². The van der Waals surface area contributed by atoms with Crippen LogP contribution < -0.4 is 5.32 Å². The molecule has 0 bridgehead atoms. The monoisotopic (exact) mass is 351 g/mol. The number of hydrogen-bond acceptors (Lipinski definition) is 5. The molecule has 1 aliphatic heterocycles. The fourth-order valence-corrected chi connectivity index (χ4v) is 2.89. The van der Waals surface area contributed by atoms with Crippen LogP contribution in [-0.2, 0) is 11.3 Å². The van der Waals surface area contributed by atoms with Crippen LogP contribution in [-0.4, -0.2) is 29.0 Å². The van der Waals surface area contributed by atoms with Crippen LogP contribution in [0.1, 0.15) is 25.7 Å². The molecular formula is C15H18BrN3O2. The van der Waals surface area contributed by atoms with Crippen molar-refractivity contribution < 1.29 is 9.15 Å². The minimum Gasteiger partial charge on any atom is -0.419 e. The van der Waals surface area contributed by atoms with Crippen LogP contribution in [0.3, 0.4) is 0 Å². The molecule has 21 heavy (non-hydrogen) atoms. The molecule has 1 atom stereocenters. The molecule has 0 radical (unpaired) electrons. The molecule has 6 heteroatoms. The van der Waals surface area contributed by atoms with Crippen molar-refractivity contribution in [2.24, 2.45) is 0 Å². The zero-order valence-electron chi connectivity index (χ0n) is 11.9. The van der Waals surface area contributed by atoms with Gasteiger partial charge in [0.2, 0.25) is 11.8 Å². The molecule has 1 aliphatic rings. The molecule has 1 N–H and O–H groups in total. The van der Waals surface area contributed by atoms with Gasteiger partial charge in [0.15, 0.2) is 0 Å². The van der Waals surface area contributed by atoms with Gasteiger partial charge in [0.25, 0.3) is 0 Å². The van der Waals surface area contributed by atoms with Crippen molar-refractivity contribution in [3.8, 4) is 11.5 Å². The molecule has 1 saturated heterocycles. The highest BCUT2D eigenvalue weighted by Gasteiger charge is 2.27.